The molecule has 0 heterocycles. The Kier molecular flexibility index (Phi) is 2.97. The van der Waals surface area contributed by atoms with Crippen molar-refractivity contribution in [3.05, 3.63) is 35.1 Å². The molecule has 0 radical (unpaired) electrons. The average Bonchev–Trinajstić information content (AvgIpc) is 2.08. The highest BCUT2D eigenvalue weighted by Gasteiger charge is 2.07. The first-order valence-corrected chi connectivity index (χ1v) is 3.66. The predicted molar refractivity (Wildman–Crippen MR) is 44.1 cm³/mol. The molecule has 13 heavy (non-hydrogen) atoms. The minimum absolute atomic E-state index is 0.0580. The number of methoxy groups -OCH3 is 1. The normalized spacial score (nSPS) is 10.0. The molecule has 0 aliphatic rings. The molecule has 1 aromatic rings. The Labute approximate surface area is 74.8 Å². The summed E-state index contributed by atoms with van der Waals surface area (Å²) in [6, 6.07) is 3.73. The average molecular weight is 184 g/mol. The lowest BCUT2D eigenvalue weighted by atomic mass is 10.1. The summed E-state index contributed by atoms with van der Waals surface area (Å²) in [7, 11) is 1.45. The van der Waals surface area contributed by atoms with E-state index in [2.05, 4.69) is 0 Å². The summed E-state index contributed by atoms with van der Waals surface area (Å²) in [5, 5.41) is 8.53. The van der Waals surface area contributed by atoms with Crippen LogP contribution in [0.2, 0.25) is 0 Å². The van der Waals surface area contributed by atoms with Crippen molar-refractivity contribution in [1.29, 1.82) is 0 Å². The number of carbonyl (C=O) groups is 1. The highest BCUT2D eigenvalue weighted by Crippen LogP contribution is 2.11. The highest BCUT2D eigenvalue weighted by molar-refractivity contribution is 5.87. The van der Waals surface area contributed by atoms with Crippen molar-refractivity contribution < 1.29 is 19.0 Å². The summed E-state index contributed by atoms with van der Waals surface area (Å²) in [5.41, 5.74) is 0.296. The van der Waals surface area contributed by atoms with Gasteiger partial charge in [0.25, 0.3) is 0 Å². The molecule has 4 heteroatoms. The van der Waals surface area contributed by atoms with E-state index in [0.717, 1.165) is 6.07 Å². The van der Waals surface area contributed by atoms with E-state index in [9.17, 15) is 9.18 Å². The zero-order valence-electron chi connectivity index (χ0n) is 7.08. The quantitative estimate of drug-likeness (QED) is 0.777. The van der Waals surface area contributed by atoms with Crippen LogP contribution in [0, 0.1) is 5.82 Å². The van der Waals surface area contributed by atoms with Crippen LogP contribution in [0.4, 0.5) is 4.39 Å². The van der Waals surface area contributed by atoms with Crippen molar-refractivity contribution in [3.8, 4) is 0 Å². The van der Waals surface area contributed by atoms with Gasteiger partial charge in [0, 0.05) is 12.7 Å². The summed E-state index contributed by atoms with van der Waals surface area (Å²) in [5.74, 6) is -1.69. The summed E-state index contributed by atoms with van der Waals surface area (Å²) in [6.07, 6.45) is 0. The van der Waals surface area contributed by atoms with Crippen LogP contribution in [0.25, 0.3) is 0 Å². The molecule has 1 rings (SSSR count). The second-order valence-electron chi connectivity index (χ2n) is 2.54. The van der Waals surface area contributed by atoms with Crippen LogP contribution >= 0.6 is 0 Å². The number of aromatic carboxylic acids is 1. The second-order valence-corrected chi connectivity index (χ2v) is 2.54. The summed E-state index contributed by atoms with van der Waals surface area (Å²) in [6.45, 7) is 0.145. The zero-order valence-corrected chi connectivity index (χ0v) is 7.08. The summed E-state index contributed by atoms with van der Waals surface area (Å²) >= 11 is 0. The molecule has 0 saturated carbocycles. The van der Waals surface area contributed by atoms with Gasteiger partial charge in [0.05, 0.1) is 12.2 Å². The molecule has 3 nitrogen and oxygen atoms in total. The maximum absolute atomic E-state index is 13.1. The Bertz CT molecular complexity index is 323. The molecule has 0 saturated heterocycles. The lowest BCUT2D eigenvalue weighted by molar-refractivity contribution is 0.0696. The van der Waals surface area contributed by atoms with E-state index in [1.165, 1.54) is 19.2 Å². The van der Waals surface area contributed by atoms with Gasteiger partial charge in [-0.3, -0.25) is 0 Å². The van der Waals surface area contributed by atoms with E-state index in [1.54, 1.807) is 0 Å². The van der Waals surface area contributed by atoms with Crippen LogP contribution in [-0.4, -0.2) is 18.2 Å². The number of ether oxygens (including phenoxy) is 1. The Hall–Kier alpha value is -1.42. The molecule has 0 aliphatic heterocycles. The van der Waals surface area contributed by atoms with Gasteiger partial charge in [-0.25, -0.2) is 9.18 Å². The van der Waals surface area contributed by atoms with Gasteiger partial charge in [0.1, 0.15) is 5.82 Å². The van der Waals surface area contributed by atoms with Gasteiger partial charge in [0.2, 0.25) is 0 Å². The minimum atomic E-state index is -1.14. The van der Waals surface area contributed by atoms with Crippen LogP contribution in [0.15, 0.2) is 18.2 Å². The second kappa shape index (κ2) is 4.00. The topological polar surface area (TPSA) is 46.5 Å². The van der Waals surface area contributed by atoms with Crippen LogP contribution in [0.1, 0.15) is 15.9 Å². The molecule has 0 aliphatic carbocycles. The highest BCUT2D eigenvalue weighted by atomic mass is 19.1. The smallest absolute Gasteiger partial charge is 0.335 e. The number of carboxylic acids is 1. The van der Waals surface area contributed by atoms with Gasteiger partial charge in [-0.2, -0.15) is 0 Å². The molecule has 0 aromatic heterocycles. The van der Waals surface area contributed by atoms with Crippen LogP contribution in [-0.2, 0) is 11.3 Å². The first-order chi connectivity index (χ1) is 6.15. The van der Waals surface area contributed by atoms with E-state index in [0.29, 0.717) is 5.56 Å². The lowest BCUT2D eigenvalue weighted by Crippen LogP contribution is -1.99. The fourth-order valence-corrected chi connectivity index (χ4v) is 0.953. The van der Waals surface area contributed by atoms with Crippen molar-refractivity contribution in [2.45, 2.75) is 6.61 Å². The lowest BCUT2D eigenvalue weighted by Gasteiger charge is -2.02. The molecule has 0 unspecified atom stereocenters. The Morgan fingerprint density at radius 3 is 2.77 bits per heavy atom. The van der Waals surface area contributed by atoms with E-state index < -0.39 is 11.8 Å². The van der Waals surface area contributed by atoms with Gasteiger partial charge in [-0.05, 0) is 12.1 Å². The van der Waals surface area contributed by atoms with E-state index in [-0.39, 0.29) is 12.2 Å². The third-order valence-corrected chi connectivity index (χ3v) is 1.60. The minimum Gasteiger partial charge on any atom is -0.478 e. The summed E-state index contributed by atoms with van der Waals surface area (Å²) < 4.78 is 17.8. The Balaban J connectivity index is 2.98. The van der Waals surface area contributed by atoms with Crippen molar-refractivity contribution in [2.75, 3.05) is 7.11 Å². The number of halogens is 1. The van der Waals surface area contributed by atoms with Gasteiger partial charge in [-0.1, -0.05) is 6.07 Å². The number of hydrogen-bond donors (Lipinski definition) is 1. The first-order valence-electron chi connectivity index (χ1n) is 3.66. The summed E-state index contributed by atoms with van der Waals surface area (Å²) in [4.78, 5) is 10.4. The first kappa shape index (κ1) is 9.67. The van der Waals surface area contributed by atoms with Crippen LogP contribution in [0.5, 0.6) is 0 Å². The number of rotatable bonds is 3. The molecule has 0 amide bonds. The molecule has 70 valence electrons. The van der Waals surface area contributed by atoms with Gasteiger partial charge < -0.3 is 9.84 Å². The number of hydrogen-bond acceptors (Lipinski definition) is 2. The molecule has 0 spiro atoms. The maximum Gasteiger partial charge on any atom is 0.335 e. The fraction of sp³-hybridized carbons (Fsp3) is 0.222. The Morgan fingerprint density at radius 2 is 2.31 bits per heavy atom. The third kappa shape index (κ3) is 2.26. The van der Waals surface area contributed by atoms with E-state index >= 15 is 0 Å². The van der Waals surface area contributed by atoms with Gasteiger partial charge in [0.15, 0.2) is 0 Å². The zero-order chi connectivity index (χ0) is 9.84. The van der Waals surface area contributed by atoms with Crippen molar-refractivity contribution in [2.24, 2.45) is 0 Å². The molecule has 0 atom stereocenters. The fourth-order valence-electron chi connectivity index (χ4n) is 0.953. The SMILES string of the molecule is COCc1ccc(C(=O)O)cc1F. The van der Waals surface area contributed by atoms with Crippen molar-refractivity contribution >= 4 is 5.97 Å². The molecule has 1 aromatic carbocycles. The van der Waals surface area contributed by atoms with E-state index in [1.807, 2.05) is 0 Å². The molecule has 0 fully saturated rings. The van der Waals surface area contributed by atoms with Crippen molar-refractivity contribution in [1.82, 2.24) is 0 Å². The largest absolute Gasteiger partial charge is 0.478 e. The maximum atomic E-state index is 13.1. The number of carboxylic acid groups (broad SMARTS) is 1. The van der Waals surface area contributed by atoms with Crippen molar-refractivity contribution in [3.63, 3.8) is 0 Å². The monoisotopic (exact) mass is 184 g/mol. The molecular weight excluding hydrogens is 175 g/mol. The molecular formula is C9H9FO3. The van der Waals surface area contributed by atoms with Crippen LogP contribution in [0.3, 0.4) is 0 Å². The standard InChI is InChI=1S/C9H9FO3/c1-13-5-7-3-2-6(9(11)12)4-8(7)10/h2-4H,5H2,1H3,(H,11,12). The van der Waals surface area contributed by atoms with Gasteiger partial charge >= 0.3 is 5.97 Å². The molecule has 1 N–H and O–H groups in total. The predicted octanol–water partition coefficient (Wildman–Crippen LogP) is 1.67. The van der Waals surface area contributed by atoms with Crippen LogP contribution < -0.4 is 0 Å². The van der Waals surface area contributed by atoms with Gasteiger partial charge in [-0.15, -0.1) is 0 Å². The number of benzene rings is 1. The van der Waals surface area contributed by atoms with E-state index in [4.69, 9.17) is 9.84 Å². The molecule has 0 bridgehead atoms. The Morgan fingerprint density at radius 1 is 1.62 bits per heavy atom. The third-order valence-electron chi connectivity index (χ3n) is 1.60.